The highest BCUT2D eigenvalue weighted by atomic mass is 79.9. The van der Waals surface area contributed by atoms with E-state index in [0.29, 0.717) is 0 Å². The third-order valence-electron chi connectivity index (χ3n) is 3.41. The van der Waals surface area contributed by atoms with Gasteiger partial charge in [-0.15, -0.1) is 0 Å². The van der Waals surface area contributed by atoms with E-state index in [1.54, 1.807) is 6.26 Å². The molecule has 0 fully saturated rings. The fraction of sp³-hybridized carbons (Fsp3) is 0. The third kappa shape index (κ3) is 2.28. The molecule has 2 heterocycles. The Bertz CT molecular complexity index is 892. The fourth-order valence-corrected chi connectivity index (χ4v) is 2.71. The van der Waals surface area contributed by atoms with E-state index < -0.39 is 0 Å². The van der Waals surface area contributed by atoms with Crippen LogP contribution in [0.1, 0.15) is 0 Å². The number of nitrogens with one attached hydrogen (secondary N) is 1. The first-order valence-electron chi connectivity index (χ1n) is 6.59. The summed E-state index contributed by atoms with van der Waals surface area (Å²) in [6, 6.07) is 18.0. The van der Waals surface area contributed by atoms with E-state index in [4.69, 9.17) is 4.42 Å². The molecule has 0 atom stereocenters. The van der Waals surface area contributed by atoms with Gasteiger partial charge in [0.2, 0.25) is 0 Å². The molecule has 0 aliphatic rings. The number of fused-ring (bicyclic) bond motifs is 1. The zero-order valence-electron chi connectivity index (χ0n) is 11.0. The molecule has 0 aliphatic heterocycles. The Morgan fingerprint density at radius 3 is 2.52 bits per heavy atom. The molecule has 3 nitrogen and oxygen atoms in total. The summed E-state index contributed by atoms with van der Waals surface area (Å²) in [6.07, 6.45) is 1.68. The lowest BCUT2D eigenvalue weighted by Gasteiger charge is -1.99. The van der Waals surface area contributed by atoms with Crippen LogP contribution in [0.15, 0.2) is 69.8 Å². The van der Waals surface area contributed by atoms with Crippen LogP contribution in [0, 0.1) is 0 Å². The summed E-state index contributed by atoms with van der Waals surface area (Å²) in [6.45, 7) is 0. The van der Waals surface area contributed by atoms with Crippen molar-refractivity contribution in [2.45, 2.75) is 0 Å². The summed E-state index contributed by atoms with van der Waals surface area (Å²) in [5.74, 6) is 1.74. The van der Waals surface area contributed by atoms with Gasteiger partial charge in [0.15, 0.2) is 0 Å². The monoisotopic (exact) mass is 338 g/mol. The molecule has 0 saturated heterocycles. The maximum atomic E-state index is 5.40. The van der Waals surface area contributed by atoms with Crippen LogP contribution < -0.4 is 0 Å². The summed E-state index contributed by atoms with van der Waals surface area (Å²) in [5, 5.41) is 0. The molecule has 1 N–H and O–H groups in total. The van der Waals surface area contributed by atoms with Crippen molar-refractivity contribution >= 4 is 27.0 Å². The number of H-pyrrole nitrogens is 1. The quantitative estimate of drug-likeness (QED) is 0.542. The average Bonchev–Trinajstić information content (AvgIpc) is 3.16. The van der Waals surface area contributed by atoms with Crippen molar-refractivity contribution in [3.05, 3.63) is 65.3 Å². The van der Waals surface area contributed by atoms with Gasteiger partial charge in [0.25, 0.3) is 0 Å². The molecule has 0 bridgehead atoms. The molecule has 21 heavy (non-hydrogen) atoms. The number of aromatic nitrogens is 2. The van der Waals surface area contributed by atoms with E-state index in [9.17, 15) is 0 Å². The Kier molecular flexibility index (Phi) is 2.89. The summed E-state index contributed by atoms with van der Waals surface area (Å²) < 4.78 is 6.44. The summed E-state index contributed by atoms with van der Waals surface area (Å²) >= 11 is 3.47. The van der Waals surface area contributed by atoms with Crippen LogP contribution in [0.3, 0.4) is 0 Å². The molecule has 4 heteroatoms. The Balaban J connectivity index is 1.74. The van der Waals surface area contributed by atoms with Gasteiger partial charge in [-0.25, -0.2) is 4.98 Å². The van der Waals surface area contributed by atoms with Gasteiger partial charge < -0.3 is 9.40 Å². The van der Waals surface area contributed by atoms with Crippen molar-refractivity contribution in [1.29, 1.82) is 0 Å². The van der Waals surface area contributed by atoms with Crippen LogP contribution in [0.5, 0.6) is 0 Å². The van der Waals surface area contributed by atoms with Crippen LogP contribution in [-0.4, -0.2) is 9.97 Å². The maximum absolute atomic E-state index is 5.40. The van der Waals surface area contributed by atoms with E-state index in [2.05, 4.69) is 25.9 Å². The Morgan fingerprint density at radius 1 is 0.952 bits per heavy atom. The zero-order valence-corrected chi connectivity index (χ0v) is 12.6. The predicted molar refractivity (Wildman–Crippen MR) is 86.9 cm³/mol. The fourth-order valence-electron chi connectivity index (χ4n) is 2.35. The van der Waals surface area contributed by atoms with Gasteiger partial charge >= 0.3 is 0 Å². The number of halogens is 1. The smallest absolute Gasteiger partial charge is 0.138 e. The third-order valence-corrected chi connectivity index (χ3v) is 3.90. The molecule has 0 amide bonds. The lowest BCUT2D eigenvalue weighted by atomic mass is 10.1. The van der Waals surface area contributed by atoms with Crippen molar-refractivity contribution in [1.82, 2.24) is 9.97 Å². The number of imidazole rings is 1. The van der Waals surface area contributed by atoms with Gasteiger partial charge in [-0.3, -0.25) is 0 Å². The predicted octanol–water partition coefficient (Wildman–Crippen LogP) is 5.25. The van der Waals surface area contributed by atoms with E-state index in [0.717, 1.165) is 38.2 Å². The minimum atomic E-state index is 0.870. The number of nitrogens with zero attached hydrogens (tertiary/aromatic N) is 1. The van der Waals surface area contributed by atoms with Crippen molar-refractivity contribution in [3.8, 4) is 22.7 Å². The van der Waals surface area contributed by atoms with Crippen LogP contribution in [-0.2, 0) is 0 Å². The number of hydrogen-bond acceptors (Lipinski definition) is 2. The summed E-state index contributed by atoms with van der Waals surface area (Å²) in [7, 11) is 0. The van der Waals surface area contributed by atoms with Gasteiger partial charge in [-0.1, -0.05) is 40.2 Å². The topological polar surface area (TPSA) is 41.8 Å². The van der Waals surface area contributed by atoms with Crippen LogP contribution in [0.2, 0.25) is 0 Å². The highest BCUT2D eigenvalue weighted by Crippen LogP contribution is 2.26. The first-order chi connectivity index (χ1) is 10.3. The Hall–Kier alpha value is -2.33. The number of rotatable bonds is 2. The standard InChI is InChI=1S/C17H11BrN2O/c18-13-7-8-14-15(10-13)20-17(19-14)12-5-3-11(4-6-12)16-2-1-9-21-16/h1-10H,(H,19,20). The zero-order chi connectivity index (χ0) is 14.2. The highest BCUT2D eigenvalue weighted by Gasteiger charge is 2.07. The maximum Gasteiger partial charge on any atom is 0.138 e. The molecule has 0 unspecified atom stereocenters. The number of furan rings is 1. The van der Waals surface area contributed by atoms with E-state index in [1.165, 1.54) is 0 Å². The van der Waals surface area contributed by atoms with Crippen molar-refractivity contribution in [2.24, 2.45) is 0 Å². The van der Waals surface area contributed by atoms with E-state index in [-0.39, 0.29) is 0 Å². The molecular formula is C17H11BrN2O. The molecule has 2 aromatic heterocycles. The largest absolute Gasteiger partial charge is 0.464 e. The first kappa shape index (κ1) is 12.4. The van der Waals surface area contributed by atoms with Crippen molar-refractivity contribution in [2.75, 3.05) is 0 Å². The van der Waals surface area contributed by atoms with E-state index in [1.807, 2.05) is 54.6 Å². The summed E-state index contributed by atoms with van der Waals surface area (Å²) in [5.41, 5.74) is 4.10. The van der Waals surface area contributed by atoms with Gasteiger partial charge in [-0.05, 0) is 30.3 Å². The van der Waals surface area contributed by atoms with Crippen LogP contribution in [0.4, 0.5) is 0 Å². The van der Waals surface area contributed by atoms with Crippen LogP contribution >= 0.6 is 15.9 Å². The second-order valence-corrected chi connectivity index (χ2v) is 5.72. The number of benzene rings is 2. The minimum absolute atomic E-state index is 0.870. The van der Waals surface area contributed by atoms with Gasteiger partial charge in [0.1, 0.15) is 11.6 Å². The highest BCUT2D eigenvalue weighted by molar-refractivity contribution is 9.10. The average molecular weight is 339 g/mol. The second kappa shape index (κ2) is 4.90. The Morgan fingerprint density at radius 2 is 1.76 bits per heavy atom. The molecule has 0 saturated carbocycles. The molecule has 0 spiro atoms. The van der Waals surface area contributed by atoms with Crippen molar-refractivity contribution in [3.63, 3.8) is 0 Å². The number of aromatic amines is 1. The lowest BCUT2D eigenvalue weighted by molar-refractivity contribution is 0.582. The SMILES string of the molecule is Brc1ccc2nc(-c3ccc(-c4ccco4)cc3)[nH]c2c1. The molecular weight excluding hydrogens is 328 g/mol. The summed E-state index contributed by atoms with van der Waals surface area (Å²) in [4.78, 5) is 7.96. The van der Waals surface area contributed by atoms with Gasteiger partial charge in [0, 0.05) is 15.6 Å². The minimum Gasteiger partial charge on any atom is -0.464 e. The molecule has 0 radical (unpaired) electrons. The van der Waals surface area contributed by atoms with Crippen LogP contribution in [0.25, 0.3) is 33.7 Å². The molecule has 4 rings (SSSR count). The van der Waals surface area contributed by atoms with Gasteiger partial charge in [-0.2, -0.15) is 0 Å². The normalized spacial score (nSPS) is 11.1. The Labute approximate surface area is 129 Å². The van der Waals surface area contributed by atoms with E-state index >= 15 is 0 Å². The van der Waals surface area contributed by atoms with Gasteiger partial charge in [0.05, 0.1) is 17.3 Å². The second-order valence-electron chi connectivity index (χ2n) is 4.80. The molecule has 102 valence electrons. The lowest BCUT2D eigenvalue weighted by Crippen LogP contribution is -1.80. The molecule has 0 aliphatic carbocycles. The molecule has 4 aromatic rings. The number of hydrogen-bond donors (Lipinski definition) is 1. The molecule has 2 aromatic carbocycles. The first-order valence-corrected chi connectivity index (χ1v) is 7.38. The van der Waals surface area contributed by atoms with Crippen molar-refractivity contribution < 1.29 is 4.42 Å².